The van der Waals surface area contributed by atoms with Crippen LogP contribution in [0, 0.1) is 11.3 Å². The van der Waals surface area contributed by atoms with E-state index in [9.17, 15) is 18.4 Å². The second kappa shape index (κ2) is 7.55. The van der Waals surface area contributed by atoms with Gasteiger partial charge in [-0.15, -0.1) is 0 Å². The van der Waals surface area contributed by atoms with Crippen molar-refractivity contribution in [1.82, 2.24) is 0 Å². The first-order chi connectivity index (χ1) is 12.9. The monoisotopic (exact) mass is 367 g/mol. The van der Waals surface area contributed by atoms with Crippen LogP contribution < -0.4 is 4.74 Å². The van der Waals surface area contributed by atoms with Gasteiger partial charge in [0, 0.05) is 0 Å². The molecule has 0 aliphatic heterocycles. The quantitative estimate of drug-likeness (QED) is 0.399. The Balaban J connectivity index is 2.15. The Morgan fingerprint density at radius 2 is 1.85 bits per heavy atom. The molecular weight excluding hydrogens is 351 g/mol. The van der Waals surface area contributed by atoms with Crippen LogP contribution in [0.25, 0.3) is 22.4 Å². The molecule has 0 fully saturated rings. The molecule has 0 radical (unpaired) electrons. The molecule has 136 valence electrons. The summed E-state index contributed by atoms with van der Waals surface area (Å²) in [5, 5.41) is 11.4. The number of halogens is 3. The molecule has 5 heteroatoms. The predicted molar refractivity (Wildman–Crippen MR) is 100 cm³/mol. The number of hydrogen-bond donors (Lipinski definition) is 0. The van der Waals surface area contributed by atoms with Gasteiger partial charge in [-0.2, -0.15) is 18.4 Å². The molecule has 0 N–H and O–H groups in total. The maximum Gasteiger partial charge on any atom is 0.416 e. The molecule has 0 atom stereocenters. The molecule has 0 heterocycles. The third-order valence-electron chi connectivity index (χ3n) is 4.10. The summed E-state index contributed by atoms with van der Waals surface area (Å²) < 4.78 is 44.5. The molecule has 0 spiro atoms. The SMILES string of the molecule is CCOc1cc(/C=C(\C#N)c2cccc(C(F)(F)F)c2)c2ccccc2c1. The van der Waals surface area contributed by atoms with Gasteiger partial charge >= 0.3 is 6.18 Å². The number of nitriles is 1. The molecule has 0 aliphatic carbocycles. The first-order valence-corrected chi connectivity index (χ1v) is 8.37. The lowest BCUT2D eigenvalue weighted by Crippen LogP contribution is -2.04. The number of benzene rings is 3. The summed E-state index contributed by atoms with van der Waals surface area (Å²) in [4.78, 5) is 0. The minimum absolute atomic E-state index is 0.153. The Bertz CT molecular complexity index is 1050. The van der Waals surface area contributed by atoms with Gasteiger partial charge in [-0.3, -0.25) is 0 Å². The Morgan fingerprint density at radius 3 is 2.56 bits per heavy atom. The lowest BCUT2D eigenvalue weighted by atomic mass is 9.98. The maximum absolute atomic E-state index is 13.0. The fourth-order valence-corrected chi connectivity index (χ4v) is 2.88. The molecule has 0 amide bonds. The van der Waals surface area contributed by atoms with Crippen LogP contribution in [0.3, 0.4) is 0 Å². The van der Waals surface area contributed by atoms with Gasteiger partial charge in [0.25, 0.3) is 0 Å². The minimum atomic E-state index is -4.46. The van der Waals surface area contributed by atoms with Crippen LogP contribution in [0.5, 0.6) is 5.75 Å². The van der Waals surface area contributed by atoms with Crippen LogP contribution in [-0.2, 0) is 6.18 Å². The smallest absolute Gasteiger partial charge is 0.416 e. The van der Waals surface area contributed by atoms with Gasteiger partial charge in [-0.1, -0.05) is 36.4 Å². The number of nitrogens with zero attached hydrogens (tertiary/aromatic N) is 1. The third-order valence-corrected chi connectivity index (χ3v) is 4.10. The van der Waals surface area contributed by atoms with Crippen LogP contribution >= 0.6 is 0 Å². The molecule has 2 nitrogen and oxygen atoms in total. The molecule has 3 rings (SSSR count). The van der Waals surface area contributed by atoms with Gasteiger partial charge in [-0.25, -0.2) is 0 Å². The molecule has 0 saturated heterocycles. The fourth-order valence-electron chi connectivity index (χ4n) is 2.88. The minimum Gasteiger partial charge on any atom is -0.494 e. The summed E-state index contributed by atoms with van der Waals surface area (Å²) >= 11 is 0. The summed E-state index contributed by atoms with van der Waals surface area (Å²) in [7, 11) is 0. The zero-order valence-corrected chi connectivity index (χ0v) is 14.5. The van der Waals surface area contributed by atoms with Crippen molar-refractivity contribution in [2.75, 3.05) is 6.61 Å². The lowest BCUT2D eigenvalue weighted by molar-refractivity contribution is -0.137. The van der Waals surface area contributed by atoms with E-state index in [2.05, 4.69) is 0 Å². The molecule has 0 aromatic heterocycles. The topological polar surface area (TPSA) is 33.0 Å². The summed E-state index contributed by atoms with van der Waals surface area (Å²) in [5.41, 5.74) is 0.303. The molecule has 0 unspecified atom stereocenters. The van der Waals surface area contributed by atoms with Crippen molar-refractivity contribution in [3.63, 3.8) is 0 Å². The van der Waals surface area contributed by atoms with Crippen molar-refractivity contribution in [2.24, 2.45) is 0 Å². The molecule has 0 saturated carbocycles. The predicted octanol–water partition coefficient (Wildman–Crippen LogP) is 6.32. The van der Waals surface area contributed by atoms with Gasteiger partial charge in [-0.05, 0) is 59.2 Å². The molecule has 0 aliphatic rings. The van der Waals surface area contributed by atoms with E-state index in [-0.39, 0.29) is 11.1 Å². The van der Waals surface area contributed by atoms with Crippen molar-refractivity contribution in [3.8, 4) is 11.8 Å². The van der Waals surface area contributed by atoms with E-state index in [1.54, 1.807) is 12.1 Å². The molecule has 27 heavy (non-hydrogen) atoms. The Hall–Kier alpha value is -3.26. The van der Waals surface area contributed by atoms with E-state index in [1.165, 1.54) is 12.1 Å². The summed E-state index contributed by atoms with van der Waals surface area (Å²) in [6.45, 7) is 2.36. The van der Waals surface area contributed by atoms with Crippen LogP contribution in [-0.4, -0.2) is 6.61 Å². The van der Waals surface area contributed by atoms with E-state index in [4.69, 9.17) is 4.74 Å². The highest BCUT2D eigenvalue weighted by molar-refractivity contribution is 5.99. The normalized spacial score (nSPS) is 12.0. The number of rotatable bonds is 4. The van der Waals surface area contributed by atoms with Gasteiger partial charge in [0.15, 0.2) is 0 Å². The van der Waals surface area contributed by atoms with Crippen LogP contribution in [0.1, 0.15) is 23.6 Å². The van der Waals surface area contributed by atoms with Crippen LogP contribution in [0.4, 0.5) is 13.2 Å². The molecular formula is C22H16F3NO. The van der Waals surface area contributed by atoms with Gasteiger partial charge in [0.1, 0.15) is 5.75 Å². The van der Waals surface area contributed by atoms with E-state index in [0.717, 1.165) is 22.9 Å². The third kappa shape index (κ3) is 4.12. The largest absolute Gasteiger partial charge is 0.494 e. The molecule has 3 aromatic rings. The van der Waals surface area contributed by atoms with Crippen molar-refractivity contribution in [2.45, 2.75) is 13.1 Å². The first-order valence-electron chi connectivity index (χ1n) is 8.37. The summed E-state index contributed by atoms with van der Waals surface area (Å²) in [5.74, 6) is 0.642. The second-order valence-corrected chi connectivity index (χ2v) is 5.92. The molecule has 0 bridgehead atoms. The zero-order chi connectivity index (χ0) is 19.4. The average Bonchev–Trinajstić information content (AvgIpc) is 2.65. The van der Waals surface area contributed by atoms with Crippen molar-refractivity contribution >= 4 is 22.4 Å². The lowest BCUT2D eigenvalue weighted by Gasteiger charge is -2.10. The summed E-state index contributed by atoms with van der Waals surface area (Å²) in [6.07, 6.45) is -2.86. The zero-order valence-electron chi connectivity index (χ0n) is 14.5. The summed E-state index contributed by atoms with van der Waals surface area (Å²) in [6, 6.07) is 18.1. The van der Waals surface area contributed by atoms with Gasteiger partial charge < -0.3 is 4.74 Å². The fraction of sp³-hybridized carbons (Fsp3) is 0.136. The standard InChI is InChI=1S/C22H16F3NO/c1-2-27-20-12-16-6-3-4-9-21(16)17(13-20)10-18(14-26)15-7-5-8-19(11-15)22(23,24)25/h3-13H,2H2,1H3/b18-10+. The maximum atomic E-state index is 13.0. The highest BCUT2D eigenvalue weighted by atomic mass is 19.4. The average molecular weight is 367 g/mol. The highest BCUT2D eigenvalue weighted by Gasteiger charge is 2.30. The van der Waals surface area contributed by atoms with Crippen molar-refractivity contribution in [1.29, 1.82) is 5.26 Å². The van der Waals surface area contributed by atoms with Crippen LogP contribution in [0.15, 0.2) is 60.7 Å². The van der Waals surface area contributed by atoms with E-state index in [0.29, 0.717) is 17.9 Å². The van der Waals surface area contributed by atoms with Crippen LogP contribution in [0.2, 0.25) is 0 Å². The van der Waals surface area contributed by atoms with E-state index >= 15 is 0 Å². The van der Waals surface area contributed by atoms with Crippen molar-refractivity contribution < 1.29 is 17.9 Å². The van der Waals surface area contributed by atoms with Gasteiger partial charge in [0.05, 0.1) is 23.8 Å². The Morgan fingerprint density at radius 1 is 1.07 bits per heavy atom. The number of ether oxygens (including phenoxy) is 1. The van der Waals surface area contributed by atoms with Gasteiger partial charge in [0.2, 0.25) is 0 Å². The van der Waals surface area contributed by atoms with E-state index < -0.39 is 11.7 Å². The Labute approximate surface area is 155 Å². The van der Waals surface area contributed by atoms with Crippen molar-refractivity contribution in [3.05, 3.63) is 77.4 Å². The van der Waals surface area contributed by atoms with E-state index in [1.807, 2.05) is 43.3 Å². The number of allylic oxidation sites excluding steroid dienone is 1. The Kier molecular flexibility index (Phi) is 5.18. The molecule has 3 aromatic carbocycles. The number of alkyl halides is 3. The number of fused-ring (bicyclic) bond motifs is 1. The first kappa shape index (κ1) is 18.5. The second-order valence-electron chi connectivity index (χ2n) is 5.92. The number of hydrogen-bond acceptors (Lipinski definition) is 2. The highest BCUT2D eigenvalue weighted by Crippen LogP contribution is 2.32.